The molecule has 1 aliphatic heterocycles. The minimum absolute atomic E-state index is 0.194. The van der Waals surface area contributed by atoms with Crippen LogP contribution in [0.1, 0.15) is 31.4 Å². The van der Waals surface area contributed by atoms with Crippen molar-refractivity contribution in [1.29, 1.82) is 0 Å². The quantitative estimate of drug-likeness (QED) is 0.789. The lowest BCUT2D eigenvalue weighted by atomic mass is 10.2. The minimum Gasteiger partial charge on any atom is -0.347 e. The fourth-order valence-electron chi connectivity index (χ4n) is 2.93. The molecule has 2 fully saturated rings. The van der Waals surface area contributed by atoms with Crippen molar-refractivity contribution in [3.8, 4) is 0 Å². The fraction of sp³-hybridized carbons (Fsp3) is 0.562. The highest BCUT2D eigenvalue weighted by Gasteiger charge is 2.43. The van der Waals surface area contributed by atoms with Gasteiger partial charge in [-0.2, -0.15) is 0 Å². The third-order valence-electron chi connectivity index (χ3n) is 4.13. The van der Waals surface area contributed by atoms with Gasteiger partial charge in [-0.05, 0) is 25.0 Å². The Labute approximate surface area is 134 Å². The number of carbonyl (C=O) groups excluding carboxylic acids is 2. The molecule has 23 heavy (non-hydrogen) atoms. The maximum absolute atomic E-state index is 11.8. The SMILES string of the molecule is O=C(NCc1ccccn1)C(=O)NC[C@@H]1COC2(CCCC2)O1. The van der Waals surface area contributed by atoms with Crippen LogP contribution in [0.15, 0.2) is 24.4 Å². The summed E-state index contributed by atoms with van der Waals surface area (Å²) in [6.45, 7) is 0.951. The van der Waals surface area contributed by atoms with Crippen molar-refractivity contribution < 1.29 is 19.1 Å². The molecular formula is C16H21N3O4. The molecule has 1 atom stereocenters. The van der Waals surface area contributed by atoms with Crippen LogP contribution in [-0.4, -0.2) is 41.8 Å². The Kier molecular flexibility index (Phi) is 4.88. The molecular weight excluding hydrogens is 298 g/mol. The van der Waals surface area contributed by atoms with E-state index in [1.807, 2.05) is 6.07 Å². The van der Waals surface area contributed by atoms with E-state index in [1.165, 1.54) is 0 Å². The van der Waals surface area contributed by atoms with Gasteiger partial charge in [0.1, 0.15) is 6.10 Å². The topological polar surface area (TPSA) is 89.6 Å². The fourth-order valence-corrected chi connectivity index (χ4v) is 2.93. The summed E-state index contributed by atoms with van der Waals surface area (Å²) in [5, 5.41) is 5.13. The Hall–Kier alpha value is -1.99. The average Bonchev–Trinajstić information content (AvgIpc) is 3.21. The Morgan fingerprint density at radius 3 is 2.74 bits per heavy atom. The van der Waals surface area contributed by atoms with Gasteiger partial charge >= 0.3 is 11.8 Å². The minimum atomic E-state index is -0.676. The lowest BCUT2D eigenvalue weighted by Crippen LogP contribution is -2.43. The smallest absolute Gasteiger partial charge is 0.309 e. The van der Waals surface area contributed by atoms with Crippen molar-refractivity contribution in [2.75, 3.05) is 13.2 Å². The molecule has 7 nitrogen and oxygen atoms in total. The van der Waals surface area contributed by atoms with E-state index in [0.29, 0.717) is 12.3 Å². The first-order chi connectivity index (χ1) is 11.2. The summed E-state index contributed by atoms with van der Waals surface area (Å²) in [5.41, 5.74) is 0.698. The predicted molar refractivity (Wildman–Crippen MR) is 81.1 cm³/mol. The van der Waals surface area contributed by atoms with Crippen LogP contribution >= 0.6 is 0 Å². The highest BCUT2D eigenvalue weighted by molar-refractivity contribution is 6.35. The molecule has 2 amide bonds. The van der Waals surface area contributed by atoms with Gasteiger partial charge in [-0.15, -0.1) is 0 Å². The van der Waals surface area contributed by atoms with E-state index in [4.69, 9.17) is 9.47 Å². The standard InChI is InChI=1S/C16H21N3O4/c20-14(18-9-12-5-1-4-8-17-12)15(21)19-10-13-11-22-16(23-13)6-2-3-7-16/h1,4-5,8,13H,2-3,6-7,9-11H2,(H,18,20)(H,19,21)/t13-/m1/s1. The van der Waals surface area contributed by atoms with Crippen LogP contribution in [0, 0.1) is 0 Å². The van der Waals surface area contributed by atoms with E-state index in [9.17, 15) is 9.59 Å². The van der Waals surface area contributed by atoms with Crippen LogP contribution in [0.5, 0.6) is 0 Å². The van der Waals surface area contributed by atoms with E-state index in [1.54, 1.807) is 18.3 Å². The summed E-state index contributed by atoms with van der Waals surface area (Å²) in [4.78, 5) is 27.6. The number of pyridine rings is 1. The maximum Gasteiger partial charge on any atom is 0.309 e. The monoisotopic (exact) mass is 319 g/mol. The van der Waals surface area contributed by atoms with Crippen LogP contribution in [0.2, 0.25) is 0 Å². The average molecular weight is 319 g/mol. The van der Waals surface area contributed by atoms with Gasteiger partial charge in [0.05, 0.1) is 18.8 Å². The summed E-state index contributed by atoms with van der Waals surface area (Å²) in [6.07, 6.45) is 5.46. The second kappa shape index (κ2) is 7.06. The van der Waals surface area contributed by atoms with Crippen LogP contribution in [0.25, 0.3) is 0 Å². The van der Waals surface area contributed by atoms with Gasteiger partial charge in [0.25, 0.3) is 0 Å². The van der Waals surface area contributed by atoms with Gasteiger partial charge in [0.2, 0.25) is 0 Å². The summed E-state index contributed by atoms with van der Waals surface area (Å²) in [6, 6.07) is 5.40. The highest BCUT2D eigenvalue weighted by atomic mass is 16.7. The molecule has 0 unspecified atom stereocenters. The molecule has 0 radical (unpaired) electrons. The molecule has 2 N–H and O–H groups in total. The van der Waals surface area contributed by atoms with Crippen LogP contribution in [-0.2, 0) is 25.6 Å². The number of ether oxygens (including phenoxy) is 2. The van der Waals surface area contributed by atoms with Crippen molar-refractivity contribution in [1.82, 2.24) is 15.6 Å². The molecule has 1 spiro atoms. The molecule has 1 saturated heterocycles. The van der Waals surface area contributed by atoms with Gasteiger partial charge in [-0.3, -0.25) is 14.6 Å². The Bertz CT molecular complexity index is 558. The predicted octanol–water partition coefficient (Wildman–Crippen LogP) is 0.500. The van der Waals surface area contributed by atoms with E-state index in [0.717, 1.165) is 25.7 Å². The number of rotatable bonds is 4. The van der Waals surface area contributed by atoms with Gasteiger partial charge < -0.3 is 20.1 Å². The van der Waals surface area contributed by atoms with Gasteiger partial charge in [0, 0.05) is 25.6 Å². The number of nitrogens with one attached hydrogen (secondary N) is 2. The highest BCUT2D eigenvalue weighted by Crippen LogP contribution is 2.38. The zero-order valence-corrected chi connectivity index (χ0v) is 12.9. The Morgan fingerprint density at radius 2 is 2.00 bits per heavy atom. The molecule has 1 aromatic heterocycles. The van der Waals surface area contributed by atoms with E-state index in [-0.39, 0.29) is 19.2 Å². The number of amides is 2. The molecule has 0 aromatic carbocycles. The molecule has 1 aliphatic carbocycles. The number of hydrogen-bond acceptors (Lipinski definition) is 5. The van der Waals surface area contributed by atoms with Crippen molar-refractivity contribution in [3.63, 3.8) is 0 Å². The molecule has 2 aliphatic rings. The molecule has 2 heterocycles. The largest absolute Gasteiger partial charge is 0.347 e. The summed E-state index contributed by atoms with van der Waals surface area (Å²) >= 11 is 0. The molecule has 1 aromatic rings. The molecule has 0 bridgehead atoms. The van der Waals surface area contributed by atoms with Crippen molar-refractivity contribution in [2.24, 2.45) is 0 Å². The second-order valence-electron chi connectivity index (χ2n) is 5.88. The lowest BCUT2D eigenvalue weighted by molar-refractivity contribution is -0.161. The number of nitrogens with zero attached hydrogens (tertiary/aromatic N) is 1. The third-order valence-corrected chi connectivity index (χ3v) is 4.13. The molecule has 7 heteroatoms. The van der Waals surface area contributed by atoms with E-state index >= 15 is 0 Å². The lowest BCUT2D eigenvalue weighted by Gasteiger charge is -2.21. The van der Waals surface area contributed by atoms with E-state index in [2.05, 4.69) is 15.6 Å². The normalized spacial score (nSPS) is 22.2. The summed E-state index contributed by atoms with van der Waals surface area (Å²) < 4.78 is 11.6. The third kappa shape index (κ3) is 4.05. The Morgan fingerprint density at radius 1 is 1.22 bits per heavy atom. The number of aromatic nitrogens is 1. The summed E-state index contributed by atoms with van der Waals surface area (Å²) in [7, 11) is 0. The molecule has 1 saturated carbocycles. The van der Waals surface area contributed by atoms with Crippen molar-refractivity contribution in [2.45, 2.75) is 44.1 Å². The zero-order chi connectivity index (χ0) is 16.1. The zero-order valence-electron chi connectivity index (χ0n) is 12.9. The van der Waals surface area contributed by atoms with Gasteiger partial charge in [-0.1, -0.05) is 6.07 Å². The van der Waals surface area contributed by atoms with Gasteiger partial charge in [-0.25, -0.2) is 0 Å². The van der Waals surface area contributed by atoms with Gasteiger partial charge in [0.15, 0.2) is 5.79 Å². The molecule has 124 valence electrons. The maximum atomic E-state index is 11.8. The number of carbonyl (C=O) groups is 2. The first-order valence-corrected chi connectivity index (χ1v) is 7.95. The Balaban J connectivity index is 1.38. The second-order valence-corrected chi connectivity index (χ2v) is 5.88. The van der Waals surface area contributed by atoms with Crippen molar-refractivity contribution >= 4 is 11.8 Å². The first kappa shape index (κ1) is 15.9. The van der Waals surface area contributed by atoms with Crippen LogP contribution < -0.4 is 10.6 Å². The van der Waals surface area contributed by atoms with Crippen LogP contribution in [0.3, 0.4) is 0 Å². The first-order valence-electron chi connectivity index (χ1n) is 7.95. The molecule has 3 rings (SSSR count). The number of hydrogen-bond donors (Lipinski definition) is 2. The van der Waals surface area contributed by atoms with Crippen LogP contribution in [0.4, 0.5) is 0 Å². The van der Waals surface area contributed by atoms with E-state index < -0.39 is 17.6 Å². The summed E-state index contributed by atoms with van der Waals surface area (Å²) in [5.74, 6) is -1.79. The van der Waals surface area contributed by atoms with Crippen molar-refractivity contribution in [3.05, 3.63) is 30.1 Å².